The molecule has 2 rings (SSSR count). The molecule has 1 aliphatic carbocycles. The normalized spacial score (nSPS) is 23.1. The summed E-state index contributed by atoms with van der Waals surface area (Å²) < 4.78 is 0. The van der Waals surface area contributed by atoms with Gasteiger partial charge in [0, 0.05) is 11.6 Å². The molecule has 1 aliphatic rings. The van der Waals surface area contributed by atoms with Crippen molar-refractivity contribution in [2.24, 2.45) is 11.7 Å². The van der Waals surface area contributed by atoms with Gasteiger partial charge in [0.25, 0.3) is 5.91 Å². The smallest absolute Gasteiger partial charge is 0.251 e. The van der Waals surface area contributed by atoms with Crippen molar-refractivity contribution in [1.29, 1.82) is 0 Å². The fourth-order valence-electron chi connectivity index (χ4n) is 2.64. The molecule has 2 atom stereocenters. The van der Waals surface area contributed by atoms with Crippen molar-refractivity contribution in [3.63, 3.8) is 0 Å². The predicted octanol–water partition coefficient (Wildman–Crippen LogP) is 2.16. The van der Waals surface area contributed by atoms with Crippen LogP contribution < -0.4 is 11.1 Å². The Labute approximate surface area is 109 Å². The van der Waals surface area contributed by atoms with E-state index in [9.17, 15) is 4.79 Å². The third-order valence-electron chi connectivity index (χ3n) is 4.05. The van der Waals surface area contributed by atoms with E-state index >= 15 is 0 Å². The Bertz CT molecular complexity index is 442. The van der Waals surface area contributed by atoms with Crippen molar-refractivity contribution in [2.45, 2.75) is 39.2 Å². The molecule has 1 aromatic rings. The molecular weight excluding hydrogens is 224 g/mol. The molecule has 1 amide bonds. The maximum atomic E-state index is 12.2. The van der Waals surface area contributed by atoms with Crippen LogP contribution in [0.3, 0.4) is 0 Å². The summed E-state index contributed by atoms with van der Waals surface area (Å²) in [5.74, 6) is 0.476. The van der Waals surface area contributed by atoms with Gasteiger partial charge in [0.2, 0.25) is 0 Å². The lowest BCUT2D eigenvalue weighted by Gasteiger charge is -2.19. The molecule has 0 bridgehead atoms. The molecule has 0 saturated heterocycles. The van der Waals surface area contributed by atoms with Crippen LogP contribution in [0.1, 0.15) is 40.7 Å². The van der Waals surface area contributed by atoms with Gasteiger partial charge in [-0.1, -0.05) is 12.5 Å². The van der Waals surface area contributed by atoms with Crippen molar-refractivity contribution >= 4 is 5.91 Å². The first-order valence-corrected chi connectivity index (χ1v) is 6.70. The standard InChI is InChI=1S/C15H22N2O/c1-10-6-7-12(8-11(10)2)15(18)17-14-5-3-4-13(14)9-16/h6-8,13-14H,3-5,9,16H2,1-2H3,(H,17,18). The minimum Gasteiger partial charge on any atom is -0.349 e. The van der Waals surface area contributed by atoms with Crippen LogP contribution in [0, 0.1) is 19.8 Å². The van der Waals surface area contributed by atoms with E-state index in [1.54, 1.807) is 0 Å². The fourth-order valence-corrected chi connectivity index (χ4v) is 2.64. The molecule has 0 aliphatic heterocycles. The highest BCUT2D eigenvalue weighted by Crippen LogP contribution is 2.25. The summed E-state index contributed by atoms with van der Waals surface area (Å²) in [6.07, 6.45) is 3.35. The summed E-state index contributed by atoms with van der Waals surface area (Å²) in [5, 5.41) is 3.12. The molecule has 1 aromatic carbocycles. The number of carbonyl (C=O) groups excluding carboxylic acids is 1. The number of amides is 1. The molecule has 0 aromatic heterocycles. The van der Waals surface area contributed by atoms with E-state index in [2.05, 4.69) is 12.2 Å². The summed E-state index contributed by atoms with van der Waals surface area (Å²) >= 11 is 0. The van der Waals surface area contributed by atoms with Gasteiger partial charge in [-0.15, -0.1) is 0 Å². The second-order valence-corrected chi connectivity index (χ2v) is 5.31. The van der Waals surface area contributed by atoms with Gasteiger partial charge >= 0.3 is 0 Å². The van der Waals surface area contributed by atoms with E-state index in [1.807, 2.05) is 25.1 Å². The van der Waals surface area contributed by atoms with E-state index < -0.39 is 0 Å². The lowest BCUT2D eigenvalue weighted by Crippen LogP contribution is -2.39. The Kier molecular flexibility index (Phi) is 4.02. The van der Waals surface area contributed by atoms with Crippen LogP contribution in [-0.2, 0) is 0 Å². The quantitative estimate of drug-likeness (QED) is 0.858. The zero-order valence-corrected chi connectivity index (χ0v) is 11.2. The molecule has 98 valence electrons. The summed E-state index contributed by atoms with van der Waals surface area (Å²) in [6, 6.07) is 6.10. The average molecular weight is 246 g/mol. The molecule has 1 fully saturated rings. The Morgan fingerprint density at radius 3 is 2.78 bits per heavy atom. The van der Waals surface area contributed by atoms with Gasteiger partial charge in [0.05, 0.1) is 0 Å². The first kappa shape index (κ1) is 13.1. The van der Waals surface area contributed by atoms with Gasteiger partial charge in [0.1, 0.15) is 0 Å². The predicted molar refractivity (Wildman–Crippen MR) is 73.6 cm³/mol. The van der Waals surface area contributed by atoms with E-state index in [1.165, 1.54) is 12.0 Å². The fraction of sp³-hybridized carbons (Fsp3) is 0.533. The molecular formula is C15H22N2O. The molecule has 0 heterocycles. The highest BCUT2D eigenvalue weighted by Gasteiger charge is 2.27. The van der Waals surface area contributed by atoms with Crippen LogP contribution >= 0.6 is 0 Å². The largest absolute Gasteiger partial charge is 0.349 e. The molecule has 0 radical (unpaired) electrons. The van der Waals surface area contributed by atoms with Crippen molar-refractivity contribution in [3.05, 3.63) is 34.9 Å². The number of hydrogen-bond acceptors (Lipinski definition) is 2. The second-order valence-electron chi connectivity index (χ2n) is 5.31. The molecule has 3 heteroatoms. The van der Waals surface area contributed by atoms with Crippen molar-refractivity contribution in [1.82, 2.24) is 5.32 Å². The number of hydrogen-bond donors (Lipinski definition) is 2. The van der Waals surface area contributed by atoms with E-state index in [0.29, 0.717) is 12.5 Å². The van der Waals surface area contributed by atoms with E-state index in [-0.39, 0.29) is 11.9 Å². The third kappa shape index (κ3) is 2.72. The molecule has 0 spiro atoms. The van der Waals surface area contributed by atoms with Crippen molar-refractivity contribution < 1.29 is 4.79 Å². The van der Waals surface area contributed by atoms with Gasteiger partial charge < -0.3 is 11.1 Å². The molecule has 1 saturated carbocycles. The van der Waals surface area contributed by atoms with Gasteiger partial charge in [-0.25, -0.2) is 0 Å². The third-order valence-corrected chi connectivity index (χ3v) is 4.05. The highest BCUT2D eigenvalue weighted by molar-refractivity contribution is 5.94. The van der Waals surface area contributed by atoms with Crippen LogP contribution in [0.25, 0.3) is 0 Å². The van der Waals surface area contributed by atoms with E-state index in [0.717, 1.165) is 24.0 Å². The van der Waals surface area contributed by atoms with E-state index in [4.69, 9.17) is 5.73 Å². The van der Waals surface area contributed by atoms with Crippen LogP contribution in [0.15, 0.2) is 18.2 Å². The Morgan fingerprint density at radius 1 is 1.33 bits per heavy atom. The number of nitrogens with one attached hydrogen (secondary N) is 1. The first-order chi connectivity index (χ1) is 8.61. The Hall–Kier alpha value is -1.35. The second kappa shape index (κ2) is 5.53. The lowest BCUT2D eigenvalue weighted by atomic mass is 10.0. The molecule has 2 unspecified atom stereocenters. The maximum absolute atomic E-state index is 12.2. The lowest BCUT2D eigenvalue weighted by molar-refractivity contribution is 0.0928. The number of rotatable bonds is 3. The highest BCUT2D eigenvalue weighted by atomic mass is 16.1. The van der Waals surface area contributed by atoms with Gasteiger partial charge in [-0.05, 0) is 62.4 Å². The van der Waals surface area contributed by atoms with Crippen molar-refractivity contribution in [3.8, 4) is 0 Å². The zero-order valence-electron chi connectivity index (χ0n) is 11.2. The zero-order chi connectivity index (χ0) is 13.1. The summed E-state index contributed by atoms with van der Waals surface area (Å²) in [5.41, 5.74) is 8.85. The molecule has 3 N–H and O–H groups in total. The molecule has 3 nitrogen and oxygen atoms in total. The number of benzene rings is 1. The Morgan fingerprint density at radius 2 is 2.11 bits per heavy atom. The summed E-state index contributed by atoms with van der Waals surface area (Å²) in [7, 11) is 0. The van der Waals surface area contributed by atoms with Gasteiger partial charge in [0.15, 0.2) is 0 Å². The number of aryl methyl sites for hydroxylation is 2. The van der Waals surface area contributed by atoms with Crippen LogP contribution in [-0.4, -0.2) is 18.5 Å². The monoisotopic (exact) mass is 246 g/mol. The molecule has 18 heavy (non-hydrogen) atoms. The Balaban J connectivity index is 2.05. The van der Waals surface area contributed by atoms with Gasteiger partial charge in [-0.3, -0.25) is 4.79 Å². The SMILES string of the molecule is Cc1ccc(C(=O)NC2CCCC2CN)cc1C. The minimum atomic E-state index is 0.0310. The summed E-state index contributed by atoms with van der Waals surface area (Å²) in [4.78, 5) is 12.2. The average Bonchev–Trinajstić information content (AvgIpc) is 2.79. The topological polar surface area (TPSA) is 55.1 Å². The maximum Gasteiger partial charge on any atom is 0.251 e. The minimum absolute atomic E-state index is 0.0310. The number of nitrogens with two attached hydrogens (primary N) is 1. The van der Waals surface area contributed by atoms with Crippen LogP contribution in [0.5, 0.6) is 0 Å². The van der Waals surface area contributed by atoms with Crippen molar-refractivity contribution in [2.75, 3.05) is 6.54 Å². The first-order valence-electron chi connectivity index (χ1n) is 6.70. The number of carbonyl (C=O) groups is 1. The van der Waals surface area contributed by atoms with Crippen LogP contribution in [0.4, 0.5) is 0 Å². The summed E-state index contributed by atoms with van der Waals surface area (Å²) in [6.45, 7) is 4.75. The van der Waals surface area contributed by atoms with Crippen LogP contribution in [0.2, 0.25) is 0 Å². The van der Waals surface area contributed by atoms with Gasteiger partial charge in [-0.2, -0.15) is 0 Å².